The average molecular weight is 285 g/mol. The summed E-state index contributed by atoms with van der Waals surface area (Å²) in [5, 5.41) is 13.1. The van der Waals surface area contributed by atoms with Crippen molar-refractivity contribution < 1.29 is 19.4 Å². The molecule has 0 radical (unpaired) electrons. The quantitative estimate of drug-likeness (QED) is 0.599. The minimum atomic E-state index is -0.697. The highest BCUT2D eigenvalue weighted by atomic mass is 16.5. The van der Waals surface area contributed by atoms with Crippen LogP contribution in [0.15, 0.2) is 0 Å². The van der Waals surface area contributed by atoms with E-state index in [0.717, 1.165) is 44.9 Å². The zero-order chi connectivity index (χ0) is 14.4. The van der Waals surface area contributed by atoms with Crippen LogP contribution in [0.25, 0.3) is 0 Å². The van der Waals surface area contributed by atoms with E-state index in [9.17, 15) is 9.90 Å². The summed E-state index contributed by atoms with van der Waals surface area (Å²) < 4.78 is 10.6. The predicted molar refractivity (Wildman–Crippen MR) is 75.8 cm³/mol. The smallest absolute Gasteiger partial charge is 0.324 e. The monoisotopic (exact) mass is 285 g/mol. The fraction of sp³-hybridized carbons (Fsp3) is 0.933. The molecule has 2 aliphatic rings. The third kappa shape index (κ3) is 3.93. The number of carboxylic acids is 1. The summed E-state index contributed by atoms with van der Waals surface area (Å²) in [5.74, 6) is -0.477. The van der Waals surface area contributed by atoms with Gasteiger partial charge in [-0.25, -0.2) is 0 Å². The SMILES string of the molecule is COCCCOCCC1CCCC1(NC1CC1)C(=O)O. The van der Waals surface area contributed by atoms with Crippen LogP contribution in [0.5, 0.6) is 0 Å². The van der Waals surface area contributed by atoms with Gasteiger partial charge in [0, 0.05) is 33.0 Å². The lowest BCUT2D eigenvalue weighted by atomic mass is 9.84. The molecule has 0 heterocycles. The van der Waals surface area contributed by atoms with E-state index in [0.29, 0.717) is 25.9 Å². The Hall–Kier alpha value is -0.650. The van der Waals surface area contributed by atoms with Crippen LogP contribution in [0.2, 0.25) is 0 Å². The Balaban J connectivity index is 1.77. The van der Waals surface area contributed by atoms with E-state index in [-0.39, 0.29) is 5.92 Å². The molecule has 2 aliphatic carbocycles. The van der Waals surface area contributed by atoms with E-state index in [1.165, 1.54) is 0 Å². The van der Waals surface area contributed by atoms with Gasteiger partial charge in [0.05, 0.1) is 0 Å². The first kappa shape index (κ1) is 15.7. The van der Waals surface area contributed by atoms with E-state index < -0.39 is 11.5 Å². The van der Waals surface area contributed by atoms with Gasteiger partial charge >= 0.3 is 5.97 Å². The summed E-state index contributed by atoms with van der Waals surface area (Å²) in [7, 11) is 1.68. The maximum absolute atomic E-state index is 11.8. The standard InChI is InChI=1S/C15H27NO4/c1-19-9-3-10-20-11-7-12-4-2-8-15(12,14(17)18)16-13-5-6-13/h12-13,16H,2-11H2,1H3,(H,17,18). The Kier molecular flexibility index (Phi) is 5.81. The number of hydrogen-bond donors (Lipinski definition) is 2. The molecule has 0 saturated heterocycles. The Labute approximate surface area is 121 Å². The van der Waals surface area contributed by atoms with Gasteiger partial charge in [-0.1, -0.05) is 6.42 Å². The van der Waals surface area contributed by atoms with Gasteiger partial charge in [-0.15, -0.1) is 0 Å². The molecule has 116 valence electrons. The Morgan fingerprint density at radius 2 is 2.10 bits per heavy atom. The largest absolute Gasteiger partial charge is 0.480 e. The predicted octanol–water partition coefficient (Wildman–Crippen LogP) is 1.81. The lowest BCUT2D eigenvalue weighted by molar-refractivity contribution is -0.147. The molecular weight excluding hydrogens is 258 g/mol. The number of carbonyl (C=O) groups is 1. The molecule has 5 heteroatoms. The first-order chi connectivity index (χ1) is 9.69. The molecule has 2 atom stereocenters. The molecule has 0 amide bonds. The van der Waals surface area contributed by atoms with Crippen molar-refractivity contribution in [1.82, 2.24) is 5.32 Å². The summed E-state index contributed by atoms with van der Waals surface area (Å²) >= 11 is 0. The highest BCUT2D eigenvalue weighted by Gasteiger charge is 2.50. The molecule has 2 fully saturated rings. The topological polar surface area (TPSA) is 67.8 Å². The number of methoxy groups -OCH3 is 1. The van der Waals surface area contributed by atoms with Gasteiger partial charge in [-0.05, 0) is 44.4 Å². The number of rotatable bonds is 10. The molecule has 0 bridgehead atoms. The van der Waals surface area contributed by atoms with Gasteiger partial charge < -0.3 is 14.6 Å². The lowest BCUT2D eigenvalue weighted by Gasteiger charge is -2.32. The Morgan fingerprint density at radius 1 is 1.30 bits per heavy atom. The van der Waals surface area contributed by atoms with Crippen LogP contribution in [0, 0.1) is 5.92 Å². The van der Waals surface area contributed by atoms with Gasteiger partial charge in [0.2, 0.25) is 0 Å². The Morgan fingerprint density at radius 3 is 2.75 bits per heavy atom. The van der Waals surface area contributed by atoms with Crippen molar-refractivity contribution in [3.05, 3.63) is 0 Å². The van der Waals surface area contributed by atoms with Crippen LogP contribution < -0.4 is 5.32 Å². The van der Waals surface area contributed by atoms with Crippen LogP contribution in [-0.4, -0.2) is 49.6 Å². The van der Waals surface area contributed by atoms with Crippen molar-refractivity contribution in [2.75, 3.05) is 26.9 Å². The zero-order valence-electron chi connectivity index (χ0n) is 12.4. The van der Waals surface area contributed by atoms with Gasteiger partial charge in [0.25, 0.3) is 0 Å². The lowest BCUT2D eigenvalue weighted by Crippen LogP contribution is -2.55. The summed E-state index contributed by atoms with van der Waals surface area (Å²) in [6, 6.07) is 0.425. The minimum Gasteiger partial charge on any atom is -0.480 e. The molecule has 2 rings (SSSR count). The molecule has 0 spiro atoms. The summed E-state index contributed by atoms with van der Waals surface area (Å²) in [5.41, 5.74) is -0.697. The van der Waals surface area contributed by atoms with Crippen LogP contribution in [0.4, 0.5) is 0 Å². The maximum atomic E-state index is 11.8. The third-order valence-electron chi connectivity index (χ3n) is 4.49. The number of aliphatic carboxylic acids is 1. The maximum Gasteiger partial charge on any atom is 0.324 e. The summed E-state index contributed by atoms with van der Waals surface area (Å²) in [6.45, 7) is 2.05. The van der Waals surface area contributed by atoms with E-state index in [1.54, 1.807) is 7.11 Å². The summed E-state index contributed by atoms with van der Waals surface area (Å²) in [6.07, 6.45) is 6.72. The average Bonchev–Trinajstić information content (AvgIpc) is 3.13. The fourth-order valence-electron chi connectivity index (χ4n) is 3.23. The molecule has 0 aromatic carbocycles. The zero-order valence-corrected chi connectivity index (χ0v) is 12.4. The highest BCUT2D eigenvalue weighted by Crippen LogP contribution is 2.40. The number of carboxylic acid groups (broad SMARTS) is 1. The molecule has 0 aromatic rings. The summed E-state index contributed by atoms with van der Waals surface area (Å²) in [4.78, 5) is 11.8. The fourth-order valence-corrected chi connectivity index (χ4v) is 3.23. The first-order valence-electron chi connectivity index (χ1n) is 7.77. The van der Waals surface area contributed by atoms with Gasteiger partial charge in [0.15, 0.2) is 0 Å². The van der Waals surface area contributed by atoms with E-state index in [4.69, 9.17) is 9.47 Å². The number of hydrogen-bond acceptors (Lipinski definition) is 4. The van der Waals surface area contributed by atoms with Crippen molar-refractivity contribution in [3.63, 3.8) is 0 Å². The van der Waals surface area contributed by atoms with Gasteiger partial charge in [-0.2, -0.15) is 0 Å². The number of ether oxygens (including phenoxy) is 2. The van der Waals surface area contributed by atoms with Crippen LogP contribution in [0.1, 0.15) is 44.9 Å². The second kappa shape index (κ2) is 7.38. The van der Waals surface area contributed by atoms with Crippen molar-refractivity contribution in [2.24, 2.45) is 5.92 Å². The highest BCUT2D eigenvalue weighted by molar-refractivity contribution is 5.80. The molecule has 2 saturated carbocycles. The second-order valence-corrected chi connectivity index (χ2v) is 6.03. The molecule has 0 aromatic heterocycles. The second-order valence-electron chi connectivity index (χ2n) is 6.03. The van der Waals surface area contributed by atoms with Crippen molar-refractivity contribution in [2.45, 2.75) is 56.5 Å². The first-order valence-corrected chi connectivity index (χ1v) is 7.77. The van der Waals surface area contributed by atoms with E-state index in [1.807, 2.05) is 0 Å². The van der Waals surface area contributed by atoms with Gasteiger partial charge in [0.1, 0.15) is 5.54 Å². The van der Waals surface area contributed by atoms with Crippen LogP contribution >= 0.6 is 0 Å². The molecule has 2 N–H and O–H groups in total. The minimum absolute atomic E-state index is 0.197. The van der Waals surface area contributed by atoms with Crippen molar-refractivity contribution in [3.8, 4) is 0 Å². The Bertz CT molecular complexity index is 319. The van der Waals surface area contributed by atoms with Crippen LogP contribution in [-0.2, 0) is 14.3 Å². The molecule has 20 heavy (non-hydrogen) atoms. The number of nitrogens with one attached hydrogen (secondary N) is 1. The molecule has 2 unspecified atom stereocenters. The van der Waals surface area contributed by atoms with E-state index >= 15 is 0 Å². The van der Waals surface area contributed by atoms with Gasteiger partial charge in [-0.3, -0.25) is 10.1 Å². The normalized spacial score (nSPS) is 29.8. The third-order valence-corrected chi connectivity index (χ3v) is 4.49. The van der Waals surface area contributed by atoms with E-state index in [2.05, 4.69) is 5.32 Å². The van der Waals surface area contributed by atoms with Crippen molar-refractivity contribution >= 4 is 5.97 Å². The molecule has 5 nitrogen and oxygen atoms in total. The molecular formula is C15H27NO4. The van der Waals surface area contributed by atoms with Crippen LogP contribution in [0.3, 0.4) is 0 Å². The molecule has 0 aliphatic heterocycles. The van der Waals surface area contributed by atoms with Crippen molar-refractivity contribution in [1.29, 1.82) is 0 Å².